The van der Waals surface area contributed by atoms with Crippen molar-refractivity contribution >= 4 is 29.4 Å². The van der Waals surface area contributed by atoms with Gasteiger partial charge in [0.25, 0.3) is 0 Å². The molecule has 0 unspecified atom stereocenters. The Morgan fingerprint density at radius 1 is 1.42 bits per heavy atom. The first kappa shape index (κ1) is 16.9. The summed E-state index contributed by atoms with van der Waals surface area (Å²) in [4.78, 5) is 27.3. The van der Waals surface area contributed by atoms with Crippen LogP contribution in [0.1, 0.15) is 25.7 Å². The molecule has 3 heterocycles. The molecule has 24 heavy (non-hydrogen) atoms. The monoisotopic (exact) mass is 350 g/mol. The van der Waals surface area contributed by atoms with Crippen molar-refractivity contribution in [3.05, 3.63) is 18.3 Å². The second-order valence-electron chi connectivity index (χ2n) is 6.01. The summed E-state index contributed by atoms with van der Waals surface area (Å²) in [6, 6.07) is 3.94. The summed E-state index contributed by atoms with van der Waals surface area (Å²) in [6.07, 6.45) is 4.91. The largest absolute Gasteiger partial charge is 0.481 e. The average Bonchev–Trinajstić information content (AvgIpc) is 3.12. The molecule has 1 aromatic rings. The van der Waals surface area contributed by atoms with E-state index in [-0.39, 0.29) is 24.0 Å². The standard InChI is InChI=1S/C16H22N4O3S/c1-23-14-7-6-10(8-17-14)18-13(21)5-3-2-4-12-15-11(9-24-12)19-16(22)20-15/h6-8,11-12,15H,2-5,9H2,1H3,(H,18,21)(H2,19,20,22)/t11-,12+,15+/m0/s1. The van der Waals surface area contributed by atoms with Gasteiger partial charge in [-0.1, -0.05) is 6.42 Å². The summed E-state index contributed by atoms with van der Waals surface area (Å²) >= 11 is 1.90. The number of ether oxygens (including phenoxy) is 1. The van der Waals surface area contributed by atoms with Crippen LogP contribution in [-0.4, -0.2) is 47.1 Å². The van der Waals surface area contributed by atoms with Crippen LogP contribution in [-0.2, 0) is 4.79 Å². The molecule has 0 spiro atoms. The molecule has 2 fully saturated rings. The summed E-state index contributed by atoms with van der Waals surface area (Å²) in [6.45, 7) is 0. The van der Waals surface area contributed by atoms with Gasteiger partial charge in [-0.3, -0.25) is 4.79 Å². The predicted octanol–water partition coefficient (Wildman–Crippen LogP) is 1.75. The number of nitrogens with zero attached hydrogens (tertiary/aromatic N) is 1. The Hall–Kier alpha value is -1.96. The Kier molecular flexibility index (Phi) is 5.44. The number of fused-ring (bicyclic) bond motifs is 1. The summed E-state index contributed by atoms with van der Waals surface area (Å²) < 4.78 is 4.98. The van der Waals surface area contributed by atoms with Gasteiger partial charge in [0.15, 0.2) is 0 Å². The number of aromatic nitrogens is 1. The first-order valence-corrected chi connectivity index (χ1v) is 9.19. The van der Waals surface area contributed by atoms with Crippen LogP contribution in [0.3, 0.4) is 0 Å². The molecule has 3 amide bonds. The van der Waals surface area contributed by atoms with E-state index >= 15 is 0 Å². The quantitative estimate of drug-likeness (QED) is 0.515. The first-order chi connectivity index (χ1) is 11.7. The molecular weight excluding hydrogens is 328 g/mol. The fraction of sp³-hybridized carbons (Fsp3) is 0.562. The molecule has 7 nitrogen and oxygen atoms in total. The number of rotatable bonds is 7. The van der Waals surface area contributed by atoms with Crippen LogP contribution in [0.4, 0.5) is 10.5 Å². The third kappa shape index (κ3) is 4.11. The number of hydrogen-bond acceptors (Lipinski definition) is 5. The van der Waals surface area contributed by atoms with Gasteiger partial charge in [-0.15, -0.1) is 0 Å². The lowest BCUT2D eigenvalue weighted by atomic mass is 10.0. The number of anilines is 1. The molecule has 130 valence electrons. The van der Waals surface area contributed by atoms with E-state index in [0.29, 0.717) is 23.2 Å². The van der Waals surface area contributed by atoms with Gasteiger partial charge in [-0.25, -0.2) is 9.78 Å². The van der Waals surface area contributed by atoms with E-state index in [1.54, 1.807) is 25.4 Å². The normalized spacial score (nSPS) is 24.9. The summed E-state index contributed by atoms with van der Waals surface area (Å²) in [5, 5.41) is 9.21. The van der Waals surface area contributed by atoms with Gasteiger partial charge in [0.2, 0.25) is 11.8 Å². The highest BCUT2D eigenvalue weighted by atomic mass is 32.2. The second-order valence-corrected chi connectivity index (χ2v) is 7.28. The van der Waals surface area contributed by atoms with Crippen LogP contribution >= 0.6 is 11.8 Å². The highest BCUT2D eigenvalue weighted by molar-refractivity contribution is 8.00. The van der Waals surface area contributed by atoms with Gasteiger partial charge in [0.1, 0.15) is 0 Å². The number of carbonyl (C=O) groups is 2. The molecule has 3 N–H and O–H groups in total. The Morgan fingerprint density at radius 3 is 3.04 bits per heavy atom. The summed E-state index contributed by atoms with van der Waals surface area (Å²) in [7, 11) is 1.55. The van der Waals surface area contributed by atoms with Crippen LogP contribution in [0.5, 0.6) is 5.88 Å². The number of unbranched alkanes of at least 4 members (excludes halogenated alkanes) is 1. The number of hydrogen-bond donors (Lipinski definition) is 3. The number of amides is 3. The van der Waals surface area contributed by atoms with E-state index in [0.717, 1.165) is 25.0 Å². The number of carbonyl (C=O) groups excluding carboxylic acids is 2. The van der Waals surface area contributed by atoms with Gasteiger partial charge in [0.05, 0.1) is 31.1 Å². The van der Waals surface area contributed by atoms with Crippen LogP contribution in [0.2, 0.25) is 0 Å². The minimum absolute atomic E-state index is 0.00486. The molecule has 0 bridgehead atoms. The number of thioether (sulfide) groups is 1. The van der Waals surface area contributed by atoms with Crippen LogP contribution in [0, 0.1) is 0 Å². The van der Waals surface area contributed by atoms with Gasteiger partial charge in [-0.2, -0.15) is 11.8 Å². The maximum Gasteiger partial charge on any atom is 0.315 e. The van der Waals surface area contributed by atoms with Crippen molar-refractivity contribution in [3.8, 4) is 5.88 Å². The smallest absolute Gasteiger partial charge is 0.315 e. The zero-order valence-electron chi connectivity index (χ0n) is 13.6. The van der Waals surface area contributed by atoms with Gasteiger partial charge < -0.3 is 20.7 Å². The fourth-order valence-electron chi connectivity index (χ4n) is 3.07. The fourth-order valence-corrected chi connectivity index (χ4v) is 4.62. The van der Waals surface area contributed by atoms with Crippen molar-refractivity contribution in [2.75, 3.05) is 18.2 Å². The van der Waals surface area contributed by atoms with E-state index in [2.05, 4.69) is 20.9 Å². The van der Waals surface area contributed by atoms with Crippen LogP contribution < -0.4 is 20.7 Å². The van der Waals surface area contributed by atoms with E-state index in [1.807, 2.05) is 11.8 Å². The number of nitrogens with one attached hydrogen (secondary N) is 3. The Balaban J connectivity index is 1.34. The average molecular weight is 350 g/mol. The van der Waals surface area contributed by atoms with Crippen molar-refractivity contribution in [1.29, 1.82) is 0 Å². The van der Waals surface area contributed by atoms with E-state index in [1.165, 1.54) is 0 Å². The Labute approximate surface area is 145 Å². The first-order valence-electron chi connectivity index (χ1n) is 8.14. The molecule has 3 atom stereocenters. The molecule has 0 radical (unpaired) electrons. The van der Waals surface area contributed by atoms with Crippen LogP contribution in [0.15, 0.2) is 18.3 Å². The third-order valence-corrected chi connectivity index (χ3v) is 5.82. The van der Waals surface area contributed by atoms with Crippen molar-refractivity contribution < 1.29 is 14.3 Å². The number of pyridine rings is 1. The van der Waals surface area contributed by atoms with Crippen molar-refractivity contribution in [2.45, 2.75) is 43.0 Å². The maximum atomic E-state index is 11.9. The summed E-state index contributed by atoms with van der Waals surface area (Å²) in [5.41, 5.74) is 0.676. The molecule has 2 aliphatic heterocycles. The molecule has 0 aliphatic carbocycles. The van der Waals surface area contributed by atoms with E-state index in [9.17, 15) is 9.59 Å². The van der Waals surface area contributed by atoms with Crippen LogP contribution in [0.25, 0.3) is 0 Å². The third-order valence-electron chi connectivity index (χ3n) is 4.31. The lowest BCUT2D eigenvalue weighted by Gasteiger charge is -2.16. The molecule has 2 aliphatic rings. The van der Waals surface area contributed by atoms with Crippen molar-refractivity contribution in [2.24, 2.45) is 0 Å². The lowest BCUT2D eigenvalue weighted by Crippen LogP contribution is -2.36. The predicted molar refractivity (Wildman–Crippen MR) is 93.4 cm³/mol. The van der Waals surface area contributed by atoms with Gasteiger partial charge in [-0.05, 0) is 18.9 Å². The number of methoxy groups -OCH3 is 1. The number of urea groups is 1. The second kappa shape index (κ2) is 7.74. The highest BCUT2D eigenvalue weighted by Gasteiger charge is 2.42. The highest BCUT2D eigenvalue weighted by Crippen LogP contribution is 2.33. The van der Waals surface area contributed by atoms with Crippen molar-refractivity contribution in [1.82, 2.24) is 15.6 Å². The molecule has 8 heteroatoms. The molecule has 2 saturated heterocycles. The minimum Gasteiger partial charge on any atom is -0.481 e. The molecular formula is C16H22N4O3S. The zero-order chi connectivity index (χ0) is 16.9. The lowest BCUT2D eigenvalue weighted by molar-refractivity contribution is -0.116. The van der Waals surface area contributed by atoms with E-state index < -0.39 is 0 Å². The Bertz CT molecular complexity index is 595. The molecule has 0 aromatic carbocycles. The Morgan fingerprint density at radius 2 is 2.29 bits per heavy atom. The van der Waals surface area contributed by atoms with Crippen molar-refractivity contribution in [3.63, 3.8) is 0 Å². The zero-order valence-corrected chi connectivity index (χ0v) is 14.4. The molecule has 3 rings (SSSR count). The molecule has 1 aromatic heterocycles. The van der Waals surface area contributed by atoms with Gasteiger partial charge >= 0.3 is 6.03 Å². The maximum absolute atomic E-state index is 11.9. The topological polar surface area (TPSA) is 92.4 Å². The summed E-state index contributed by atoms with van der Waals surface area (Å²) in [5.74, 6) is 1.49. The van der Waals surface area contributed by atoms with Gasteiger partial charge in [0, 0.05) is 23.5 Å². The minimum atomic E-state index is -0.0530. The van der Waals surface area contributed by atoms with E-state index in [4.69, 9.17) is 4.74 Å². The SMILES string of the molecule is COc1ccc(NC(=O)CCCC[C@H]2SC[C@@H]3NC(=O)N[C@H]32)cn1. The molecule has 0 saturated carbocycles.